The smallest absolute Gasteiger partial charge is 0.233 e. The first-order valence-corrected chi connectivity index (χ1v) is 7.16. The molecule has 0 atom stereocenters. The van der Waals surface area contributed by atoms with Crippen molar-refractivity contribution in [3.63, 3.8) is 0 Å². The summed E-state index contributed by atoms with van der Waals surface area (Å²) in [4.78, 5) is 25.2. The third kappa shape index (κ3) is 2.95. The van der Waals surface area contributed by atoms with E-state index in [4.69, 9.17) is 21.1 Å². The molecule has 0 unspecified atom stereocenters. The van der Waals surface area contributed by atoms with Gasteiger partial charge < -0.3 is 9.47 Å². The first-order chi connectivity index (χ1) is 9.82. The van der Waals surface area contributed by atoms with Crippen LogP contribution in [0.15, 0.2) is 29.7 Å². The molecule has 0 saturated heterocycles. The van der Waals surface area contributed by atoms with Crippen molar-refractivity contribution in [2.24, 2.45) is 0 Å². The van der Waals surface area contributed by atoms with Crippen molar-refractivity contribution in [3.05, 3.63) is 45.9 Å². The van der Waals surface area contributed by atoms with Crippen LogP contribution < -0.4 is 0 Å². The van der Waals surface area contributed by atoms with Crippen LogP contribution in [-0.4, -0.2) is 23.8 Å². The number of halogens is 1. The molecular formula is C16H17ClO4. The highest BCUT2D eigenvalue weighted by Crippen LogP contribution is 2.33. The quantitative estimate of drug-likeness (QED) is 0.849. The number of hydrogen-bond acceptors (Lipinski definition) is 4. The first-order valence-electron chi connectivity index (χ1n) is 6.78. The second kappa shape index (κ2) is 5.90. The largest absolute Gasteiger partial charge is 0.483 e. The minimum absolute atomic E-state index is 0.0431. The molecule has 1 aliphatic carbocycles. The Morgan fingerprint density at radius 3 is 1.95 bits per heavy atom. The van der Waals surface area contributed by atoms with E-state index < -0.39 is 5.78 Å². The molecule has 0 spiro atoms. The van der Waals surface area contributed by atoms with Crippen LogP contribution in [0.1, 0.15) is 48.4 Å². The molecule has 0 N–H and O–H groups in total. The molecule has 1 aliphatic rings. The number of allylic oxidation sites excluding steroid dienone is 2. The molecule has 2 rings (SSSR count). The van der Waals surface area contributed by atoms with E-state index in [-0.39, 0.29) is 45.7 Å². The number of ketones is 2. The Morgan fingerprint density at radius 1 is 0.905 bits per heavy atom. The van der Waals surface area contributed by atoms with Gasteiger partial charge in [0.05, 0.1) is 22.8 Å². The second-order valence-corrected chi connectivity index (χ2v) is 5.72. The molecule has 1 aromatic rings. The minimum Gasteiger partial charge on any atom is -0.483 e. The first kappa shape index (κ1) is 15.6. The fourth-order valence-corrected chi connectivity index (χ4v) is 2.33. The maximum atomic E-state index is 12.6. The zero-order valence-corrected chi connectivity index (χ0v) is 13.2. The summed E-state index contributed by atoms with van der Waals surface area (Å²) in [5.41, 5.74) is 0.426. The van der Waals surface area contributed by atoms with E-state index in [9.17, 15) is 9.59 Å². The number of carbonyl (C=O) groups is 2. The number of benzene rings is 1. The van der Waals surface area contributed by atoms with Gasteiger partial charge in [0.1, 0.15) is 0 Å². The molecule has 4 nitrogen and oxygen atoms in total. The van der Waals surface area contributed by atoms with Gasteiger partial charge in [0.25, 0.3) is 0 Å². The zero-order chi connectivity index (χ0) is 15.7. The highest BCUT2D eigenvalue weighted by Gasteiger charge is 2.37. The average molecular weight is 309 g/mol. The lowest BCUT2D eigenvalue weighted by atomic mass is 9.92. The lowest BCUT2D eigenvalue weighted by Gasteiger charge is -2.24. The van der Waals surface area contributed by atoms with Crippen molar-refractivity contribution in [3.8, 4) is 0 Å². The van der Waals surface area contributed by atoms with Crippen LogP contribution in [0.5, 0.6) is 0 Å². The zero-order valence-electron chi connectivity index (χ0n) is 12.4. The summed E-state index contributed by atoms with van der Waals surface area (Å²) in [6.45, 7) is 7.12. The highest BCUT2D eigenvalue weighted by molar-refractivity contribution is 6.38. The summed E-state index contributed by atoms with van der Waals surface area (Å²) in [5, 5.41) is 0.235. The average Bonchev–Trinajstić information content (AvgIpc) is 2.39. The van der Waals surface area contributed by atoms with Crippen LogP contribution in [0, 0.1) is 0 Å². The maximum absolute atomic E-state index is 12.6. The van der Waals surface area contributed by atoms with Crippen molar-refractivity contribution in [1.82, 2.24) is 0 Å². The summed E-state index contributed by atoms with van der Waals surface area (Å²) in [5.74, 6) is -0.904. The third-order valence-corrected chi connectivity index (χ3v) is 3.13. The van der Waals surface area contributed by atoms with Gasteiger partial charge in [-0.25, -0.2) is 0 Å². The Hall–Kier alpha value is -1.81. The number of Topliss-reactive ketones (excluding diaryl/α,β-unsaturated/α-hetero) is 2. The molecule has 0 heterocycles. The number of hydrogen-bond donors (Lipinski definition) is 0. The van der Waals surface area contributed by atoms with Crippen LogP contribution in [0.4, 0.5) is 0 Å². The lowest BCUT2D eigenvalue weighted by molar-refractivity contribution is 0.0594. The monoisotopic (exact) mass is 308 g/mol. The van der Waals surface area contributed by atoms with Crippen LogP contribution in [0.2, 0.25) is 5.02 Å². The number of fused-ring (bicyclic) bond motifs is 1. The SMILES string of the molecule is CC(C)OC1=C(OC(C)C)C(=O)c2c(Cl)cccc2C1=O. The topological polar surface area (TPSA) is 52.6 Å². The molecule has 0 aromatic heterocycles. The molecule has 5 heteroatoms. The van der Waals surface area contributed by atoms with Gasteiger partial charge in [-0.1, -0.05) is 23.7 Å². The summed E-state index contributed by atoms with van der Waals surface area (Å²) < 4.78 is 11.1. The van der Waals surface area contributed by atoms with E-state index in [0.29, 0.717) is 0 Å². The fraction of sp³-hybridized carbons (Fsp3) is 0.375. The van der Waals surface area contributed by atoms with Crippen LogP contribution >= 0.6 is 11.6 Å². The molecule has 112 valence electrons. The predicted molar refractivity (Wildman–Crippen MR) is 79.6 cm³/mol. The van der Waals surface area contributed by atoms with Gasteiger partial charge in [-0.2, -0.15) is 0 Å². The number of carbonyl (C=O) groups excluding carboxylic acids is 2. The van der Waals surface area contributed by atoms with Crippen molar-refractivity contribution >= 4 is 23.2 Å². The molecule has 1 aromatic carbocycles. The van der Waals surface area contributed by atoms with Gasteiger partial charge in [-0.05, 0) is 33.8 Å². The standard InChI is InChI=1S/C16H17ClO4/c1-8(2)20-15-13(18)10-6-5-7-11(17)12(10)14(19)16(15)21-9(3)4/h5-9H,1-4H3. The third-order valence-electron chi connectivity index (χ3n) is 2.81. The predicted octanol–water partition coefficient (Wildman–Crippen LogP) is 3.78. The Bertz CT molecular complexity index is 629. The number of ether oxygens (including phenoxy) is 2. The molecular weight excluding hydrogens is 292 g/mol. The lowest BCUT2D eigenvalue weighted by Crippen LogP contribution is -2.28. The Labute approximate surface area is 128 Å². The Morgan fingerprint density at radius 2 is 1.43 bits per heavy atom. The molecule has 0 radical (unpaired) electrons. The van der Waals surface area contributed by atoms with Gasteiger partial charge in [0.15, 0.2) is 0 Å². The minimum atomic E-state index is -0.417. The van der Waals surface area contributed by atoms with E-state index in [1.807, 2.05) is 0 Å². The summed E-state index contributed by atoms with van der Waals surface area (Å²) in [6.07, 6.45) is -0.505. The highest BCUT2D eigenvalue weighted by atomic mass is 35.5. The fourth-order valence-electron chi connectivity index (χ4n) is 2.07. The van der Waals surface area contributed by atoms with Crippen LogP contribution in [0.25, 0.3) is 0 Å². The normalized spacial score (nSPS) is 14.8. The second-order valence-electron chi connectivity index (χ2n) is 5.31. The summed E-state index contributed by atoms with van der Waals surface area (Å²) in [6, 6.07) is 4.78. The summed E-state index contributed by atoms with van der Waals surface area (Å²) >= 11 is 6.07. The van der Waals surface area contributed by atoms with Crippen LogP contribution in [0.3, 0.4) is 0 Å². The van der Waals surface area contributed by atoms with Gasteiger partial charge >= 0.3 is 0 Å². The van der Waals surface area contributed by atoms with E-state index in [0.717, 1.165) is 0 Å². The Balaban J connectivity index is 2.61. The van der Waals surface area contributed by atoms with Gasteiger partial charge in [-0.3, -0.25) is 9.59 Å². The Kier molecular flexibility index (Phi) is 4.37. The van der Waals surface area contributed by atoms with Crippen molar-refractivity contribution in [1.29, 1.82) is 0 Å². The van der Waals surface area contributed by atoms with Gasteiger partial charge in [0.2, 0.25) is 23.1 Å². The van der Waals surface area contributed by atoms with Crippen molar-refractivity contribution in [2.45, 2.75) is 39.9 Å². The van der Waals surface area contributed by atoms with Crippen molar-refractivity contribution < 1.29 is 19.1 Å². The van der Waals surface area contributed by atoms with Crippen molar-refractivity contribution in [2.75, 3.05) is 0 Å². The van der Waals surface area contributed by atoms with Gasteiger partial charge in [0, 0.05) is 5.56 Å². The number of rotatable bonds is 4. The molecule has 0 saturated carbocycles. The molecule has 0 fully saturated rings. The molecule has 0 bridgehead atoms. The summed E-state index contributed by atoms with van der Waals surface area (Å²) in [7, 11) is 0. The molecule has 21 heavy (non-hydrogen) atoms. The maximum Gasteiger partial charge on any atom is 0.233 e. The van der Waals surface area contributed by atoms with Gasteiger partial charge in [-0.15, -0.1) is 0 Å². The van der Waals surface area contributed by atoms with E-state index in [1.165, 1.54) is 0 Å². The molecule has 0 amide bonds. The van der Waals surface area contributed by atoms with E-state index >= 15 is 0 Å². The van der Waals surface area contributed by atoms with E-state index in [2.05, 4.69) is 0 Å². The molecule has 0 aliphatic heterocycles. The van der Waals surface area contributed by atoms with Crippen LogP contribution in [-0.2, 0) is 9.47 Å². The van der Waals surface area contributed by atoms with E-state index in [1.54, 1.807) is 45.9 Å².